The Labute approximate surface area is 521 Å². The Hall–Kier alpha value is -1.14. The molecule has 0 spiro atoms. The number of nitrogens with one attached hydrogen (secondary N) is 1. The molecule has 0 aromatic carbocycles. The Balaban J connectivity index is 3.33. The minimum Gasteiger partial charge on any atom is -0.466 e. The second-order valence-electron chi connectivity index (χ2n) is 27.1. The van der Waals surface area contributed by atoms with E-state index < -0.39 is 12.1 Å². The predicted octanol–water partition coefficient (Wildman–Crippen LogP) is 25.3. The van der Waals surface area contributed by atoms with Crippen LogP contribution >= 0.6 is 0 Å². The van der Waals surface area contributed by atoms with Gasteiger partial charge in [0, 0.05) is 12.8 Å². The fraction of sp³-hybridized carbons (Fsp3) is 0.974. The zero-order chi connectivity index (χ0) is 59.9. The van der Waals surface area contributed by atoms with Crippen LogP contribution in [0.3, 0.4) is 0 Å². The highest BCUT2D eigenvalue weighted by atomic mass is 16.5. The van der Waals surface area contributed by atoms with Gasteiger partial charge in [-0.05, 0) is 25.7 Å². The van der Waals surface area contributed by atoms with Crippen molar-refractivity contribution in [2.75, 3.05) is 13.2 Å². The smallest absolute Gasteiger partial charge is 0.305 e. The molecule has 6 heteroatoms. The quantitative estimate of drug-likeness (QED) is 0.0417. The number of aliphatic hydroxyl groups is 2. The van der Waals surface area contributed by atoms with Crippen LogP contribution in [-0.4, -0.2) is 47.4 Å². The number of carbonyl (C=O) groups is 2. The summed E-state index contributed by atoms with van der Waals surface area (Å²) in [6.45, 7) is 5.02. The summed E-state index contributed by atoms with van der Waals surface area (Å²) in [5.74, 6) is -0.00308. The van der Waals surface area contributed by atoms with Gasteiger partial charge < -0.3 is 20.3 Å². The molecule has 0 aromatic rings. The highest BCUT2D eigenvalue weighted by Crippen LogP contribution is 2.20. The number of hydrogen-bond acceptors (Lipinski definition) is 5. The topological polar surface area (TPSA) is 95.9 Å². The summed E-state index contributed by atoms with van der Waals surface area (Å²) >= 11 is 0. The van der Waals surface area contributed by atoms with Gasteiger partial charge >= 0.3 is 5.97 Å². The first-order chi connectivity index (χ1) is 41.0. The lowest BCUT2D eigenvalue weighted by molar-refractivity contribution is -0.143. The van der Waals surface area contributed by atoms with Crippen molar-refractivity contribution in [2.24, 2.45) is 0 Å². The lowest BCUT2D eigenvalue weighted by Gasteiger charge is -2.22. The molecule has 0 aliphatic carbocycles. The maximum Gasteiger partial charge on any atom is 0.305 e. The van der Waals surface area contributed by atoms with Gasteiger partial charge in [0.2, 0.25) is 5.91 Å². The van der Waals surface area contributed by atoms with Crippen molar-refractivity contribution in [1.82, 2.24) is 5.32 Å². The molecule has 0 saturated heterocycles. The first kappa shape index (κ1) is 81.9. The number of carbonyl (C=O) groups excluding carboxylic acids is 2. The number of amides is 1. The van der Waals surface area contributed by atoms with Crippen LogP contribution in [-0.2, 0) is 14.3 Å². The second-order valence-corrected chi connectivity index (χ2v) is 27.1. The van der Waals surface area contributed by atoms with Crippen molar-refractivity contribution in [1.29, 1.82) is 0 Å². The van der Waals surface area contributed by atoms with E-state index >= 15 is 0 Å². The monoisotopic (exact) mass is 1170 g/mol. The Kier molecular flexibility index (Phi) is 72.3. The van der Waals surface area contributed by atoms with Crippen molar-refractivity contribution in [3.63, 3.8) is 0 Å². The van der Waals surface area contributed by atoms with Gasteiger partial charge in [-0.1, -0.05) is 418 Å². The van der Waals surface area contributed by atoms with Crippen molar-refractivity contribution < 1.29 is 24.5 Å². The predicted molar refractivity (Wildman–Crippen MR) is 366 cm³/mol. The summed E-state index contributed by atoms with van der Waals surface area (Å²) in [4.78, 5) is 24.7. The maximum atomic E-state index is 12.6. The number of unbranched alkanes of at least 4 members (excludes halogenated alkanes) is 63. The minimum atomic E-state index is -0.663. The van der Waals surface area contributed by atoms with Crippen molar-refractivity contribution >= 4 is 11.9 Å². The molecule has 0 aliphatic heterocycles. The van der Waals surface area contributed by atoms with E-state index in [9.17, 15) is 19.8 Å². The molecule has 0 aliphatic rings. The maximum absolute atomic E-state index is 12.6. The van der Waals surface area contributed by atoms with Gasteiger partial charge in [0.1, 0.15) is 0 Å². The van der Waals surface area contributed by atoms with Gasteiger partial charge in [-0.2, -0.15) is 0 Å². The van der Waals surface area contributed by atoms with Gasteiger partial charge in [-0.15, -0.1) is 0 Å². The molecule has 83 heavy (non-hydrogen) atoms. The fourth-order valence-electron chi connectivity index (χ4n) is 12.8. The Morgan fingerprint density at radius 1 is 0.289 bits per heavy atom. The highest BCUT2D eigenvalue weighted by molar-refractivity contribution is 5.76. The molecular formula is C77H153NO5. The van der Waals surface area contributed by atoms with Crippen LogP contribution in [0, 0.1) is 0 Å². The molecule has 0 aromatic heterocycles. The largest absolute Gasteiger partial charge is 0.466 e. The van der Waals surface area contributed by atoms with E-state index in [2.05, 4.69) is 19.2 Å². The fourth-order valence-corrected chi connectivity index (χ4v) is 12.8. The summed E-state index contributed by atoms with van der Waals surface area (Å²) in [7, 11) is 0. The van der Waals surface area contributed by atoms with Crippen molar-refractivity contribution in [2.45, 2.75) is 469 Å². The van der Waals surface area contributed by atoms with Crippen LogP contribution in [0.15, 0.2) is 0 Å². The third-order valence-corrected chi connectivity index (χ3v) is 18.7. The third kappa shape index (κ3) is 69.8. The number of aliphatic hydroxyl groups excluding tert-OH is 2. The van der Waals surface area contributed by atoms with Gasteiger partial charge in [0.05, 0.1) is 25.4 Å². The van der Waals surface area contributed by atoms with Crippen LogP contribution in [0.4, 0.5) is 0 Å². The third-order valence-electron chi connectivity index (χ3n) is 18.7. The molecule has 496 valence electrons. The summed E-state index contributed by atoms with van der Waals surface area (Å²) < 4.78 is 5.52. The number of ether oxygens (including phenoxy) is 1. The molecular weight excluding hydrogens is 1020 g/mol. The molecule has 0 radical (unpaired) electrons. The Morgan fingerprint density at radius 2 is 0.494 bits per heavy atom. The SMILES string of the molecule is CCCCCCCCCCCCCCCCCCCCCCCCC(O)C(CO)NC(=O)CCCCCCCCCCCCCCCCCCCCCCCCCCCCOC(=O)CCCCCCCCCCCCCCCCCCCC. The molecule has 1 amide bonds. The first-order valence-electron chi connectivity index (χ1n) is 38.8. The van der Waals surface area contributed by atoms with E-state index in [0.717, 1.165) is 38.5 Å². The van der Waals surface area contributed by atoms with E-state index in [0.29, 0.717) is 25.9 Å². The first-order valence-corrected chi connectivity index (χ1v) is 38.8. The van der Waals surface area contributed by atoms with Gasteiger partial charge in [-0.3, -0.25) is 9.59 Å². The van der Waals surface area contributed by atoms with Crippen LogP contribution in [0.5, 0.6) is 0 Å². The molecule has 2 atom stereocenters. The molecule has 6 nitrogen and oxygen atoms in total. The normalized spacial score (nSPS) is 12.4. The Morgan fingerprint density at radius 3 is 0.735 bits per heavy atom. The second kappa shape index (κ2) is 73.3. The van der Waals surface area contributed by atoms with Gasteiger partial charge in [-0.25, -0.2) is 0 Å². The average molecular weight is 1170 g/mol. The van der Waals surface area contributed by atoms with Crippen molar-refractivity contribution in [3.05, 3.63) is 0 Å². The van der Waals surface area contributed by atoms with E-state index in [-0.39, 0.29) is 18.5 Å². The van der Waals surface area contributed by atoms with Crippen LogP contribution < -0.4 is 5.32 Å². The zero-order valence-electron chi connectivity index (χ0n) is 57.0. The zero-order valence-corrected chi connectivity index (χ0v) is 57.0. The van der Waals surface area contributed by atoms with E-state index in [1.807, 2.05) is 0 Å². The van der Waals surface area contributed by atoms with Crippen LogP contribution in [0.2, 0.25) is 0 Å². The molecule has 0 bridgehead atoms. The molecule has 2 unspecified atom stereocenters. The number of rotatable bonds is 74. The lowest BCUT2D eigenvalue weighted by Crippen LogP contribution is -2.45. The standard InChI is InChI=1S/C77H153NO5/c1-3-5-7-9-11-13-15-17-19-21-23-24-31-34-37-41-45-49-53-57-61-65-69-75(80)74(73-79)78-76(81)70-66-62-58-54-50-46-42-38-35-32-29-27-25-26-28-30-33-36-40-44-48-52-56-60-64-68-72-83-77(82)71-67-63-59-55-51-47-43-39-22-20-18-16-14-12-10-8-6-4-2/h74-75,79-80H,3-73H2,1-2H3,(H,78,81). The van der Waals surface area contributed by atoms with Gasteiger partial charge in [0.25, 0.3) is 0 Å². The van der Waals surface area contributed by atoms with E-state index in [4.69, 9.17) is 4.74 Å². The summed E-state index contributed by atoms with van der Waals surface area (Å²) in [6, 6.07) is -0.540. The number of esters is 1. The number of hydrogen-bond donors (Lipinski definition) is 3. The molecule has 0 rings (SSSR count). The Bertz CT molecular complexity index is 1210. The van der Waals surface area contributed by atoms with E-state index in [1.54, 1.807) is 0 Å². The molecule has 0 fully saturated rings. The minimum absolute atomic E-state index is 0.0234. The van der Waals surface area contributed by atoms with Crippen LogP contribution in [0.25, 0.3) is 0 Å². The highest BCUT2D eigenvalue weighted by Gasteiger charge is 2.20. The summed E-state index contributed by atoms with van der Waals surface area (Å²) in [6.07, 6.45) is 90.4. The molecule has 0 saturated carbocycles. The average Bonchev–Trinajstić information content (AvgIpc) is 3.49. The van der Waals surface area contributed by atoms with Crippen molar-refractivity contribution in [3.8, 4) is 0 Å². The van der Waals surface area contributed by atoms with Gasteiger partial charge in [0.15, 0.2) is 0 Å². The van der Waals surface area contributed by atoms with Crippen LogP contribution in [0.1, 0.15) is 457 Å². The molecule has 0 heterocycles. The molecule has 3 N–H and O–H groups in total. The summed E-state index contributed by atoms with van der Waals surface area (Å²) in [5.41, 5.74) is 0. The summed E-state index contributed by atoms with van der Waals surface area (Å²) in [5, 5.41) is 23.5. The lowest BCUT2D eigenvalue weighted by atomic mass is 10.0. The van der Waals surface area contributed by atoms with E-state index in [1.165, 1.54) is 385 Å².